The molecule has 0 N–H and O–H groups in total. The van der Waals surface area contributed by atoms with Gasteiger partial charge < -0.3 is 19.1 Å². The van der Waals surface area contributed by atoms with E-state index in [0.717, 1.165) is 37.2 Å². The average molecular weight is 345 g/mol. The minimum Gasteiger partial charge on any atom is -0.497 e. The van der Waals surface area contributed by atoms with Crippen molar-refractivity contribution in [2.45, 2.75) is 43.8 Å². The van der Waals surface area contributed by atoms with Crippen LogP contribution in [0.3, 0.4) is 0 Å². The first-order valence-electron chi connectivity index (χ1n) is 8.91. The van der Waals surface area contributed by atoms with E-state index in [1.807, 2.05) is 24.3 Å². The number of amides is 1. The number of esters is 1. The summed E-state index contributed by atoms with van der Waals surface area (Å²) in [6.45, 7) is 1.10. The van der Waals surface area contributed by atoms with Crippen molar-refractivity contribution in [1.82, 2.24) is 4.90 Å². The number of benzene rings is 1. The smallest absolute Gasteiger partial charge is 0.307 e. The lowest BCUT2D eigenvalue weighted by Gasteiger charge is -2.42. The Balaban J connectivity index is 1.35. The lowest BCUT2D eigenvalue weighted by Crippen LogP contribution is -2.59. The van der Waals surface area contributed by atoms with Gasteiger partial charge in [-0.3, -0.25) is 9.59 Å². The van der Waals surface area contributed by atoms with Gasteiger partial charge in [0.05, 0.1) is 32.5 Å². The molecular weight excluding hydrogens is 322 g/mol. The Bertz CT molecular complexity index is 676. The van der Waals surface area contributed by atoms with E-state index in [1.54, 1.807) is 12.0 Å². The third kappa shape index (κ3) is 2.94. The van der Waals surface area contributed by atoms with Crippen molar-refractivity contribution in [3.05, 3.63) is 24.3 Å². The topological polar surface area (TPSA) is 65.1 Å². The minimum absolute atomic E-state index is 0.0198. The van der Waals surface area contributed by atoms with Crippen LogP contribution < -0.4 is 9.47 Å². The van der Waals surface area contributed by atoms with Crippen molar-refractivity contribution < 1.29 is 23.8 Å². The molecule has 0 bridgehead atoms. The van der Waals surface area contributed by atoms with Gasteiger partial charge in [-0.05, 0) is 37.8 Å². The fraction of sp³-hybridized carbons (Fsp3) is 0.579. The van der Waals surface area contributed by atoms with Crippen molar-refractivity contribution in [1.29, 1.82) is 0 Å². The minimum atomic E-state index is -0.535. The van der Waals surface area contributed by atoms with E-state index in [4.69, 9.17) is 14.2 Å². The van der Waals surface area contributed by atoms with Crippen LogP contribution in [0.15, 0.2) is 24.3 Å². The number of ether oxygens (including phenoxy) is 3. The van der Waals surface area contributed by atoms with Crippen molar-refractivity contribution in [3.63, 3.8) is 0 Å². The molecule has 3 fully saturated rings. The molecule has 25 heavy (non-hydrogen) atoms. The van der Waals surface area contributed by atoms with Gasteiger partial charge in [-0.15, -0.1) is 0 Å². The number of rotatable bonds is 4. The van der Waals surface area contributed by atoms with Crippen LogP contribution in [0, 0.1) is 5.92 Å². The standard InChI is InChI=1S/C19H23NO5/c1-23-13-5-4-6-14(9-13)24-15-11-20(12-15)18(22)16-10-17(21)25-19(16)7-2-3-8-19/h4-6,9,15-16H,2-3,7-8,10-12H2,1H3/t16-/m1/s1. The Labute approximate surface area is 147 Å². The molecule has 1 saturated carbocycles. The molecule has 0 unspecified atom stereocenters. The van der Waals surface area contributed by atoms with Crippen molar-refractivity contribution in [2.24, 2.45) is 5.92 Å². The molecule has 2 aliphatic heterocycles. The van der Waals surface area contributed by atoms with Crippen molar-refractivity contribution in [2.75, 3.05) is 20.2 Å². The molecule has 1 spiro atoms. The van der Waals surface area contributed by atoms with Crippen LogP contribution in [0.25, 0.3) is 0 Å². The maximum Gasteiger partial charge on any atom is 0.307 e. The van der Waals surface area contributed by atoms with E-state index in [-0.39, 0.29) is 30.3 Å². The zero-order valence-electron chi connectivity index (χ0n) is 14.4. The fourth-order valence-electron chi connectivity index (χ4n) is 4.21. The number of carbonyl (C=O) groups excluding carboxylic acids is 2. The Morgan fingerprint density at radius 2 is 1.96 bits per heavy atom. The largest absolute Gasteiger partial charge is 0.497 e. The second kappa shape index (κ2) is 6.24. The van der Waals surface area contributed by atoms with Gasteiger partial charge >= 0.3 is 5.97 Å². The maximum absolute atomic E-state index is 12.9. The molecular formula is C19H23NO5. The lowest BCUT2D eigenvalue weighted by molar-refractivity contribution is -0.155. The van der Waals surface area contributed by atoms with Gasteiger partial charge in [0.2, 0.25) is 5.91 Å². The number of likely N-dealkylation sites (tertiary alicyclic amines) is 1. The number of carbonyl (C=O) groups is 2. The van der Waals surface area contributed by atoms with Gasteiger partial charge in [0, 0.05) is 6.07 Å². The Morgan fingerprint density at radius 3 is 2.68 bits per heavy atom. The summed E-state index contributed by atoms with van der Waals surface area (Å²) in [5.41, 5.74) is -0.535. The van der Waals surface area contributed by atoms with Crippen LogP contribution in [-0.2, 0) is 14.3 Å². The van der Waals surface area contributed by atoms with E-state index in [1.165, 1.54) is 0 Å². The van der Waals surface area contributed by atoms with Crippen LogP contribution in [0.2, 0.25) is 0 Å². The van der Waals surface area contributed by atoms with Crippen LogP contribution in [0.5, 0.6) is 11.5 Å². The molecule has 1 aromatic rings. The van der Waals surface area contributed by atoms with E-state index in [2.05, 4.69) is 0 Å². The quantitative estimate of drug-likeness (QED) is 0.783. The molecule has 0 aromatic heterocycles. The highest BCUT2D eigenvalue weighted by molar-refractivity contribution is 5.88. The molecule has 3 aliphatic rings. The highest BCUT2D eigenvalue weighted by Crippen LogP contribution is 2.46. The molecule has 2 saturated heterocycles. The predicted molar refractivity (Wildman–Crippen MR) is 89.4 cm³/mol. The summed E-state index contributed by atoms with van der Waals surface area (Å²) in [5, 5.41) is 0. The van der Waals surface area contributed by atoms with E-state index in [0.29, 0.717) is 13.1 Å². The summed E-state index contributed by atoms with van der Waals surface area (Å²) >= 11 is 0. The summed E-state index contributed by atoms with van der Waals surface area (Å²) in [6, 6.07) is 7.45. The van der Waals surface area contributed by atoms with Crippen LogP contribution in [-0.4, -0.2) is 48.7 Å². The lowest BCUT2D eigenvalue weighted by atomic mass is 9.84. The fourth-order valence-corrected chi connectivity index (χ4v) is 4.21. The first-order valence-corrected chi connectivity index (χ1v) is 8.91. The highest BCUT2D eigenvalue weighted by atomic mass is 16.6. The SMILES string of the molecule is COc1cccc(OC2CN(C(=O)[C@H]3CC(=O)OC34CCCC4)C2)c1. The molecule has 134 valence electrons. The highest BCUT2D eigenvalue weighted by Gasteiger charge is 2.55. The van der Waals surface area contributed by atoms with Crippen LogP contribution in [0.1, 0.15) is 32.1 Å². The summed E-state index contributed by atoms with van der Waals surface area (Å²) in [4.78, 5) is 26.4. The molecule has 6 heteroatoms. The van der Waals surface area contributed by atoms with E-state index in [9.17, 15) is 9.59 Å². The molecule has 1 atom stereocenters. The molecule has 4 rings (SSSR count). The van der Waals surface area contributed by atoms with Crippen LogP contribution in [0.4, 0.5) is 0 Å². The van der Waals surface area contributed by atoms with Gasteiger partial charge in [-0.1, -0.05) is 6.07 Å². The maximum atomic E-state index is 12.9. The van der Waals surface area contributed by atoms with Gasteiger partial charge in [-0.2, -0.15) is 0 Å². The average Bonchev–Trinajstić information content (AvgIpc) is 3.17. The second-order valence-electron chi connectivity index (χ2n) is 7.16. The number of hydrogen-bond donors (Lipinski definition) is 0. The molecule has 1 aliphatic carbocycles. The molecule has 0 radical (unpaired) electrons. The normalized spacial score (nSPS) is 24.9. The zero-order chi connectivity index (χ0) is 17.4. The Kier molecular flexibility index (Phi) is 4.06. The number of nitrogens with zero attached hydrogens (tertiary/aromatic N) is 1. The van der Waals surface area contributed by atoms with E-state index < -0.39 is 5.60 Å². The van der Waals surface area contributed by atoms with E-state index >= 15 is 0 Å². The number of methoxy groups -OCH3 is 1. The molecule has 1 aromatic carbocycles. The third-order valence-electron chi connectivity index (χ3n) is 5.57. The zero-order valence-corrected chi connectivity index (χ0v) is 14.4. The van der Waals surface area contributed by atoms with Crippen molar-refractivity contribution in [3.8, 4) is 11.5 Å². The summed E-state index contributed by atoms with van der Waals surface area (Å²) in [7, 11) is 1.62. The number of hydrogen-bond acceptors (Lipinski definition) is 5. The summed E-state index contributed by atoms with van der Waals surface area (Å²) < 4.78 is 16.7. The molecule has 6 nitrogen and oxygen atoms in total. The monoisotopic (exact) mass is 345 g/mol. The van der Waals surface area contributed by atoms with Gasteiger partial charge in [0.15, 0.2) is 0 Å². The second-order valence-corrected chi connectivity index (χ2v) is 7.16. The van der Waals surface area contributed by atoms with Gasteiger partial charge in [-0.25, -0.2) is 0 Å². The Hall–Kier alpha value is -2.24. The Morgan fingerprint density at radius 1 is 1.24 bits per heavy atom. The van der Waals surface area contributed by atoms with Gasteiger partial charge in [0.1, 0.15) is 23.2 Å². The predicted octanol–water partition coefficient (Wildman–Crippen LogP) is 2.16. The molecule has 1 amide bonds. The molecule has 2 heterocycles. The van der Waals surface area contributed by atoms with Gasteiger partial charge in [0.25, 0.3) is 0 Å². The summed E-state index contributed by atoms with van der Waals surface area (Å²) in [5.74, 6) is 0.973. The third-order valence-corrected chi connectivity index (χ3v) is 5.57. The van der Waals surface area contributed by atoms with Crippen LogP contribution >= 0.6 is 0 Å². The first kappa shape index (κ1) is 16.2. The van der Waals surface area contributed by atoms with Crippen molar-refractivity contribution >= 4 is 11.9 Å². The summed E-state index contributed by atoms with van der Waals surface area (Å²) in [6.07, 6.45) is 3.88. The first-order chi connectivity index (χ1) is 12.1.